The van der Waals surface area contributed by atoms with Gasteiger partial charge in [-0.2, -0.15) is 0 Å². The van der Waals surface area contributed by atoms with Crippen molar-refractivity contribution in [2.75, 3.05) is 6.61 Å². The first-order chi connectivity index (χ1) is 13.6. The molecule has 0 aliphatic rings. The van der Waals surface area contributed by atoms with Crippen molar-refractivity contribution in [3.05, 3.63) is 35.9 Å². The first-order valence-corrected chi connectivity index (χ1v) is 9.22. The Hall–Kier alpha value is -3.10. The Kier molecular flexibility index (Phi) is 9.64. The molecule has 0 saturated carbocycles. The van der Waals surface area contributed by atoms with Gasteiger partial charge in [-0.05, 0) is 33.3 Å². The zero-order valence-corrected chi connectivity index (χ0v) is 17.1. The van der Waals surface area contributed by atoms with Gasteiger partial charge in [0.15, 0.2) is 0 Å². The molecular weight excluding hydrogens is 380 g/mol. The number of aldehydes is 1. The number of benzene rings is 1. The van der Waals surface area contributed by atoms with Crippen LogP contribution in [-0.4, -0.2) is 48.7 Å². The van der Waals surface area contributed by atoms with Crippen LogP contribution in [0.2, 0.25) is 0 Å². The number of carbonyl (C=O) groups excluding carboxylic acids is 4. The first-order valence-electron chi connectivity index (χ1n) is 9.22. The monoisotopic (exact) mass is 408 g/mol. The average Bonchev–Trinajstić information content (AvgIpc) is 2.63. The summed E-state index contributed by atoms with van der Waals surface area (Å²) in [5.41, 5.74) is -0.0145. The molecule has 1 unspecified atom stereocenters. The van der Waals surface area contributed by atoms with Crippen molar-refractivity contribution < 1.29 is 33.4 Å². The zero-order valence-electron chi connectivity index (χ0n) is 17.1. The van der Waals surface area contributed by atoms with Crippen LogP contribution in [0.4, 0.5) is 9.59 Å². The average molecular weight is 408 g/mol. The molecule has 29 heavy (non-hydrogen) atoms. The van der Waals surface area contributed by atoms with Crippen molar-refractivity contribution in [2.45, 2.75) is 58.4 Å². The summed E-state index contributed by atoms with van der Waals surface area (Å²) in [5, 5.41) is 4.77. The van der Waals surface area contributed by atoms with E-state index in [1.807, 2.05) is 6.07 Å². The summed E-state index contributed by atoms with van der Waals surface area (Å²) in [5.74, 6) is -0.640. The van der Waals surface area contributed by atoms with Crippen LogP contribution in [-0.2, 0) is 30.4 Å². The minimum atomic E-state index is -1.22. The predicted octanol–water partition coefficient (Wildman–Crippen LogP) is 2.33. The molecule has 0 aliphatic carbocycles. The molecule has 1 rings (SSSR count). The molecule has 0 radical (unpaired) electrons. The second kappa shape index (κ2) is 11.7. The molecular formula is C20H28N2O7. The fourth-order valence-corrected chi connectivity index (χ4v) is 2.26. The van der Waals surface area contributed by atoms with Crippen LogP contribution in [0, 0.1) is 0 Å². The highest BCUT2D eigenvalue weighted by atomic mass is 16.6. The van der Waals surface area contributed by atoms with Gasteiger partial charge in [-0.15, -0.1) is 0 Å². The number of hydrogen-bond donors (Lipinski definition) is 2. The van der Waals surface area contributed by atoms with E-state index >= 15 is 0 Å². The van der Waals surface area contributed by atoms with Gasteiger partial charge in [0, 0.05) is 0 Å². The number of alkyl carbamates (subject to hydrolysis) is 2. The van der Waals surface area contributed by atoms with Crippen molar-refractivity contribution in [2.24, 2.45) is 0 Å². The van der Waals surface area contributed by atoms with Crippen LogP contribution in [0.25, 0.3) is 0 Å². The van der Waals surface area contributed by atoms with Gasteiger partial charge in [0.05, 0.1) is 19.1 Å². The molecule has 0 spiro atoms. The molecule has 0 saturated heterocycles. The third kappa shape index (κ3) is 10.1. The molecule has 9 heteroatoms. The van der Waals surface area contributed by atoms with Crippen LogP contribution in [0.1, 0.15) is 39.7 Å². The van der Waals surface area contributed by atoms with E-state index in [1.165, 1.54) is 0 Å². The fraction of sp³-hybridized carbons (Fsp3) is 0.500. The lowest BCUT2D eigenvalue weighted by Gasteiger charge is -2.26. The van der Waals surface area contributed by atoms with Crippen LogP contribution < -0.4 is 10.6 Å². The quantitative estimate of drug-likeness (QED) is 0.365. The van der Waals surface area contributed by atoms with E-state index in [1.54, 1.807) is 52.0 Å². The lowest BCUT2D eigenvalue weighted by molar-refractivity contribution is -0.143. The fourth-order valence-electron chi connectivity index (χ4n) is 2.26. The van der Waals surface area contributed by atoms with E-state index in [2.05, 4.69) is 10.6 Å². The molecule has 2 amide bonds. The van der Waals surface area contributed by atoms with E-state index in [9.17, 15) is 19.2 Å². The van der Waals surface area contributed by atoms with Crippen LogP contribution in [0.5, 0.6) is 0 Å². The third-order valence-electron chi connectivity index (χ3n) is 3.47. The van der Waals surface area contributed by atoms with Crippen molar-refractivity contribution in [1.29, 1.82) is 0 Å². The summed E-state index contributed by atoms with van der Waals surface area (Å²) in [7, 11) is 0. The van der Waals surface area contributed by atoms with Gasteiger partial charge in [0.1, 0.15) is 24.5 Å². The molecule has 0 fully saturated rings. The van der Waals surface area contributed by atoms with Crippen molar-refractivity contribution in [3.63, 3.8) is 0 Å². The van der Waals surface area contributed by atoms with E-state index in [-0.39, 0.29) is 19.6 Å². The van der Waals surface area contributed by atoms with Crippen molar-refractivity contribution in [3.8, 4) is 0 Å². The second-order valence-corrected chi connectivity index (χ2v) is 7.13. The van der Waals surface area contributed by atoms with E-state index < -0.39 is 35.8 Å². The Morgan fingerprint density at radius 1 is 1.03 bits per heavy atom. The van der Waals surface area contributed by atoms with Gasteiger partial charge in [0.25, 0.3) is 0 Å². The largest absolute Gasteiger partial charge is 0.466 e. The van der Waals surface area contributed by atoms with Crippen molar-refractivity contribution >= 4 is 24.4 Å². The van der Waals surface area contributed by atoms with E-state index in [0.29, 0.717) is 6.29 Å². The van der Waals surface area contributed by atoms with Crippen LogP contribution >= 0.6 is 0 Å². The number of ether oxygens (including phenoxy) is 3. The summed E-state index contributed by atoms with van der Waals surface area (Å²) in [6.07, 6.45) is -1.64. The van der Waals surface area contributed by atoms with Crippen molar-refractivity contribution in [1.82, 2.24) is 10.6 Å². The van der Waals surface area contributed by atoms with E-state index in [4.69, 9.17) is 14.2 Å². The normalized spacial score (nSPS) is 12.8. The standard InChI is InChI=1S/C20H28N2O7/c1-5-27-17(24)11-15(16(12-23)22-19(26)29-20(2,3)4)21-18(25)28-13-14-9-7-6-8-10-14/h6-10,12,15-16H,5,11,13H2,1-4H3,(H,21,25)(H,22,26)/t15-,16?/m1/s1. The Balaban J connectivity index is 2.78. The summed E-state index contributed by atoms with van der Waals surface area (Å²) in [4.78, 5) is 47.6. The lowest BCUT2D eigenvalue weighted by atomic mass is 10.1. The van der Waals surface area contributed by atoms with Gasteiger partial charge >= 0.3 is 18.2 Å². The zero-order chi connectivity index (χ0) is 21.9. The summed E-state index contributed by atoms with van der Waals surface area (Å²) in [6.45, 7) is 6.76. The summed E-state index contributed by atoms with van der Waals surface area (Å²) in [6, 6.07) is 6.68. The molecule has 0 aliphatic heterocycles. The number of carbonyl (C=O) groups is 4. The molecule has 2 N–H and O–H groups in total. The summed E-state index contributed by atoms with van der Waals surface area (Å²) < 4.78 is 15.1. The molecule has 2 atom stereocenters. The van der Waals surface area contributed by atoms with Crippen LogP contribution in [0.15, 0.2) is 30.3 Å². The molecule has 0 aromatic heterocycles. The maximum Gasteiger partial charge on any atom is 0.408 e. The molecule has 0 bridgehead atoms. The van der Waals surface area contributed by atoms with Gasteiger partial charge in [-0.25, -0.2) is 9.59 Å². The second-order valence-electron chi connectivity index (χ2n) is 7.13. The van der Waals surface area contributed by atoms with E-state index in [0.717, 1.165) is 5.56 Å². The van der Waals surface area contributed by atoms with Gasteiger partial charge in [-0.3, -0.25) is 4.79 Å². The van der Waals surface area contributed by atoms with Crippen LogP contribution in [0.3, 0.4) is 0 Å². The molecule has 160 valence electrons. The van der Waals surface area contributed by atoms with Gasteiger partial charge < -0.3 is 29.6 Å². The third-order valence-corrected chi connectivity index (χ3v) is 3.47. The van der Waals surface area contributed by atoms with Gasteiger partial charge in [0.2, 0.25) is 0 Å². The Labute approximate surface area is 170 Å². The number of hydrogen-bond acceptors (Lipinski definition) is 7. The molecule has 1 aromatic carbocycles. The number of rotatable bonds is 9. The number of amides is 2. The highest BCUT2D eigenvalue weighted by molar-refractivity contribution is 5.78. The Morgan fingerprint density at radius 3 is 2.24 bits per heavy atom. The predicted molar refractivity (Wildman–Crippen MR) is 104 cm³/mol. The Morgan fingerprint density at radius 2 is 1.69 bits per heavy atom. The maximum absolute atomic E-state index is 12.2. The topological polar surface area (TPSA) is 120 Å². The van der Waals surface area contributed by atoms with Gasteiger partial charge in [-0.1, -0.05) is 30.3 Å². The minimum absolute atomic E-state index is 0.00402. The molecule has 1 aromatic rings. The highest BCUT2D eigenvalue weighted by Gasteiger charge is 2.29. The number of esters is 1. The maximum atomic E-state index is 12.2. The minimum Gasteiger partial charge on any atom is -0.466 e. The first kappa shape index (κ1) is 23.9. The molecule has 0 heterocycles. The number of nitrogens with one attached hydrogen (secondary N) is 2. The molecule has 9 nitrogen and oxygen atoms in total. The lowest BCUT2D eigenvalue weighted by Crippen LogP contribution is -2.54. The SMILES string of the molecule is CCOC(=O)C[C@@H](NC(=O)OCc1ccccc1)C(C=O)NC(=O)OC(C)(C)C. The smallest absolute Gasteiger partial charge is 0.408 e. The Bertz CT molecular complexity index is 686. The highest BCUT2D eigenvalue weighted by Crippen LogP contribution is 2.09. The summed E-state index contributed by atoms with van der Waals surface area (Å²) >= 11 is 0.